The van der Waals surface area contributed by atoms with Crippen LogP contribution in [-0.2, 0) is 11.2 Å². The number of benzene rings is 2. The van der Waals surface area contributed by atoms with Crippen molar-refractivity contribution in [1.82, 2.24) is 0 Å². The van der Waals surface area contributed by atoms with Crippen molar-refractivity contribution in [2.45, 2.75) is 38.5 Å². The summed E-state index contributed by atoms with van der Waals surface area (Å²) in [5, 5.41) is 9.68. The fourth-order valence-corrected chi connectivity index (χ4v) is 3.32. The Morgan fingerprint density at radius 2 is 1.73 bits per heavy atom. The molecule has 0 saturated carbocycles. The van der Waals surface area contributed by atoms with Gasteiger partial charge in [0.05, 0.1) is 20.1 Å². The monoisotopic (exact) mass is 356 g/mol. The third-order valence-electron chi connectivity index (χ3n) is 4.91. The molecule has 0 aliphatic heterocycles. The maximum Gasteiger partial charge on any atom is 0.306 e. The molecule has 0 spiro atoms. The van der Waals surface area contributed by atoms with Gasteiger partial charge >= 0.3 is 5.97 Å². The lowest BCUT2D eigenvalue weighted by molar-refractivity contribution is -0.142. The SMILES string of the molecule is CCC(CC(CCc1ccccc1)C(=O)O)c1ccc(OC)c(OC)c1. The Bertz CT molecular complexity index is 697. The molecule has 4 heteroatoms. The van der Waals surface area contributed by atoms with Crippen molar-refractivity contribution >= 4 is 5.97 Å². The van der Waals surface area contributed by atoms with E-state index in [0.29, 0.717) is 24.3 Å². The maximum atomic E-state index is 11.8. The second-order valence-electron chi connectivity index (χ2n) is 6.51. The Labute approximate surface area is 155 Å². The first-order valence-electron chi connectivity index (χ1n) is 9.07. The van der Waals surface area contributed by atoms with E-state index in [1.807, 2.05) is 48.5 Å². The summed E-state index contributed by atoms with van der Waals surface area (Å²) in [7, 11) is 3.22. The molecule has 0 aromatic heterocycles. The van der Waals surface area contributed by atoms with Crippen LogP contribution in [0.1, 0.15) is 43.2 Å². The Hall–Kier alpha value is -2.49. The largest absolute Gasteiger partial charge is 0.493 e. The molecule has 1 N–H and O–H groups in total. The number of carbonyl (C=O) groups is 1. The standard InChI is InChI=1S/C22H28O4/c1-4-17(18-12-13-20(25-2)21(15-18)26-3)14-19(22(23)24)11-10-16-8-6-5-7-9-16/h5-9,12-13,15,17,19H,4,10-11,14H2,1-3H3,(H,23,24). The molecule has 2 rings (SSSR count). The molecule has 0 heterocycles. The predicted octanol–water partition coefficient (Wildman–Crippen LogP) is 4.92. The van der Waals surface area contributed by atoms with Gasteiger partial charge in [-0.3, -0.25) is 4.79 Å². The molecule has 140 valence electrons. The van der Waals surface area contributed by atoms with Gasteiger partial charge in [0.1, 0.15) is 0 Å². The van der Waals surface area contributed by atoms with Crippen molar-refractivity contribution in [1.29, 1.82) is 0 Å². The third kappa shape index (κ3) is 5.25. The maximum absolute atomic E-state index is 11.8. The van der Waals surface area contributed by atoms with Crippen molar-refractivity contribution < 1.29 is 19.4 Å². The topological polar surface area (TPSA) is 55.8 Å². The molecule has 2 atom stereocenters. The number of ether oxygens (including phenoxy) is 2. The first kappa shape index (κ1) is 19.8. The summed E-state index contributed by atoms with van der Waals surface area (Å²) in [5.41, 5.74) is 2.27. The van der Waals surface area contributed by atoms with E-state index < -0.39 is 5.97 Å². The molecule has 0 fully saturated rings. The summed E-state index contributed by atoms with van der Waals surface area (Å²) in [6, 6.07) is 15.9. The average Bonchev–Trinajstić information content (AvgIpc) is 2.68. The van der Waals surface area contributed by atoms with Crippen molar-refractivity contribution in [3.05, 3.63) is 59.7 Å². The van der Waals surface area contributed by atoms with E-state index in [9.17, 15) is 9.90 Å². The van der Waals surface area contributed by atoms with Gasteiger partial charge in [-0.05, 0) is 54.9 Å². The van der Waals surface area contributed by atoms with Gasteiger partial charge in [0, 0.05) is 0 Å². The predicted molar refractivity (Wildman–Crippen MR) is 103 cm³/mol. The molecule has 2 unspecified atom stereocenters. The van der Waals surface area contributed by atoms with Gasteiger partial charge in [0.15, 0.2) is 11.5 Å². The number of rotatable bonds is 10. The minimum absolute atomic E-state index is 0.173. The second-order valence-corrected chi connectivity index (χ2v) is 6.51. The molecule has 0 bridgehead atoms. The summed E-state index contributed by atoms with van der Waals surface area (Å²) >= 11 is 0. The Morgan fingerprint density at radius 3 is 2.31 bits per heavy atom. The second kappa shape index (κ2) is 9.85. The van der Waals surface area contributed by atoms with Crippen LogP contribution in [0.5, 0.6) is 11.5 Å². The van der Waals surface area contributed by atoms with Crippen LogP contribution < -0.4 is 9.47 Å². The van der Waals surface area contributed by atoms with Crippen molar-refractivity contribution in [3.8, 4) is 11.5 Å². The molecular formula is C22H28O4. The lowest BCUT2D eigenvalue weighted by atomic mass is 9.84. The van der Waals surface area contributed by atoms with Gasteiger partial charge in [-0.25, -0.2) is 0 Å². The first-order valence-corrected chi connectivity index (χ1v) is 9.07. The average molecular weight is 356 g/mol. The lowest BCUT2D eigenvalue weighted by Gasteiger charge is -2.21. The molecule has 4 nitrogen and oxygen atoms in total. The zero-order chi connectivity index (χ0) is 18.9. The van der Waals surface area contributed by atoms with Crippen LogP contribution in [0.3, 0.4) is 0 Å². The van der Waals surface area contributed by atoms with Gasteiger partial charge in [-0.1, -0.05) is 43.3 Å². The minimum Gasteiger partial charge on any atom is -0.493 e. The summed E-state index contributed by atoms with van der Waals surface area (Å²) in [6.07, 6.45) is 2.92. The Kier molecular flexibility index (Phi) is 7.52. The lowest BCUT2D eigenvalue weighted by Crippen LogP contribution is -2.18. The van der Waals surface area contributed by atoms with E-state index in [-0.39, 0.29) is 11.8 Å². The summed E-state index contributed by atoms with van der Waals surface area (Å²) in [5.74, 6) is 0.448. The number of carboxylic acids is 1. The molecule has 0 aliphatic rings. The highest BCUT2D eigenvalue weighted by atomic mass is 16.5. The van der Waals surface area contributed by atoms with E-state index in [0.717, 1.165) is 18.4 Å². The van der Waals surface area contributed by atoms with Crippen LogP contribution in [0, 0.1) is 5.92 Å². The number of methoxy groups -OCH3 is 2. The van der Waals surface area contributed by atoms with E-state index in [1.54, 1.807) is 14.2 Å². The molecule has 2 aromatic rings. The van der Waals surface area contributed by atoms with Gasteiger partial charge < -0.3 is 14.6 Å². The number of hydrogen-bond donors (Lipinski definition) is 1. The van der Waals surface area contributed by atoms with Gasteiger partial charge in [0.25, 0.3) is 0 Å². The van der Waals surface area contributed by atoms with Crippen LogP contribution in [0.15, 0.2) is 48.5 Å². The van der Waals surface area contributed by atoms with Crippen LogP contribution in [0.2, 0.25) is 0 Å². The zero-order valence-electron chi connectivity index (χ0n) is 15.8. The van der Waals surface area contributed by atoms with Crippen LogP contribution in [0.25, 0.3) is 0 Å². The minimum atomic E-state index is -0.722. The smallest absolute Gasteiger partial charge is 0.306 e. The summed E-state index contributed by atoms with van der Waals surface area (Å²) < 4.78 is 10.7. The quantitative estimate of drug-likeness (QED) is 0.656. The van der Waals surface area contributed by atoms with Crippen molar-refractivity contribution in [2.75, 3.05) is 14.2 Å². The highest BCUT2D eigenvalue weighted by Crippen LogP contribution is 2.35. The molecule has 0 radical (unpaired) electrons. The molecule has 0 amide bonds. The number of carboxylic acid groups (broad SMARTS) is 1. The van der Waals surface area contributed by atoms with Gasteiger partial charge in [0.2, 0.25) is 0 Å². The molecule has 0 aliphatic carbocycles. The number of aryl methyl sites for hydroxylation is 1. The summed E-state index contributed by atoms with van der Waals surface area (Å²) in [6.45, 7) is 2.09. The Morgan fingerprint density at radius 1 is 1.04 bits per heavy atom. The van der Waals surface area contributed by atoms with Crippen molar-refractivity contribution in [3.63, 3.8) is 0 Å². The van der Waals surface area contributed by atoms with Crippen molar-refractivity contribution in [2.24, 2.45) is 5.92 Å². The van der Waals surface area contributed by atoms with E-state index in [4.69, 9.17) is 9.47 Å². The molecule has 26 heavy (non-hydrogen) atoms. The molecule has 0 saturated heterocycles. The number of aliphatic carboxylic acids is 1. The normalized spacial score (nSPS) is 13.0. The van der Waals surface area contributed by atoms with E-state index >= 15 is 0 Å². The highest BCUT2D eigenvalue weighted by molar-refractivity contribution is 5.70. The fraction of sp³-hybridized carbons (Fsp3) is 0.409. The third-order valence-corrected chi connectivity index (χ3v) is 4.91. The van der Waals surface area contributed by atoms with E-state index in [2.05, 4.69) is 6.92 Å². The fourth-order valence-electron chi connectivity index (χ4n) is 3.32. The van der Waals surface area contributed by atoms with Crippen LogP contribution >= 0.6 is 0 Å². The highest BCUT2D eigenvalue weighted by Gasteiger charge is 2.23. The Balaban J connectivity index is 2.11. The van der Waals surface area contributed by atoms with Crippen LogP contribution in [0.4, 0.5) is 0 Å². The first-order chi connectivity index (χ1) is 12.6. The van der Waals surface area contributed by atoms with E-state index in [1.165, 1.54) is 5.56 Å². The van der Waals surface area contributed by atoms with Gasteiger partial charge in [-0.2, -0.15) is 0 Å². The zero-order valence-corrected chi connectivity index (χ0v) is 15.8. The molecular weight excluding hydrogens is 328 g/mol. The summed E-state index contributed by atoms with van der Waals surface area (Å²) in [4.78, 5) is 11.8. The molecule has 2 aromatic carbocycles. The van der Waals surface area contributed by atoms with Gasteiger partial charge in [-0.15, -0.1) is 0 Å². The number of hydrogen-bond acceptors (Lipinski definition) is 3. The van der Waals surface area contributed by atoms with Crippen LogP contribution in [-0.4, -0.2) is 25.3 Å².